The highest BCUT2D eigenvalue weighted by Gasteiger charge is 2.22. The summed E-state index contributed by atoms with van der Waals surface area (Å²) in [6.07, 6.45) is 0. The molecule has 3 aromatic carbocycles. The Morgan fingerprint density at radius 2 is 1.80 bits per heavy atom. The zero-order chi connectivity index (χ0) is 20.5. The summed E-state index contributed by atoms with van der Waals surface area (Å²) in [5, 5.41) is 4.74. The van der Waals surface area contributed by atoms with Gasteiger partial charge in [-0.05, 0) is 30.3 Å². The molecule has 0 saturated heterocycles. The summed E-state index contributed by atoms with van der Waals surface area (Å²) in [5.74, 6) is -0.0519. The molecule has 0 atom stereocenters. The van der Waals surface area contributed by atoms with Gasteiger partial charge in [0.1, 0.15) is 10.6 Å². The molecule has 0 fully saturated rings. The van der Waals surface area contributed by atoms with Crippen molar-refractivity contribution in [3.8, 4) is 10.6 Å². The molecule has 1 N–H and O–H groups in total. The van der Waals surface area contributed by atoms with Crippen LogP contribution in [0, 0.1) is 0 Å². The standard InChI is InChI=1S/C24H18N2O3S/c1-28-14-17-15-8-3-6-12-20(15)29-22(17)23(27)25-18-10-4-2-9-16(18)24-26-19-11-5-7-13-21(19)30-24/h2-13H,14H2,1H3,(H,25,27). The average Bonchev–Trinajstić information content (AvgIpc) is 3.36. The maximum absolute atomic E-state index is 13.2. The van der Waals surface area contributed by atoms with Crippen LogP contribution in [0.1, 0.15) is 16.1 Å². The van der Waals surface area contributed by atoms with Crippen LogP contribution >= 0.6 is 11.3 Å². The molecule has 0 aliphatic rings. The van der Waals surface area contributed by atoms with Crippen molar-refractivity contribution < 1.29 is 13.9 Å². The van der Waals surface area contributed by atoms with Crippen LogP contribution < -0.4 is 5.32 Å². The second kappa shape index (κ2) is 7.74. The third-order valence-corrected chi connectivity index (χ3v) is 5.96. The fourth-order valence-corrected chi connectivity index (χ4v) is 4.52. The number of fused-ring (bicyclic) bond motifs is 2. The lowest BCUT2D eigenvalue weighted by Crippen LogP contribution is -2.14. The lowest BCUT2D eigenvalue weighted by Gasteiger charge is -2.09. The first-order valence-corrected chi connectivity index (χ1v) is 10.3. The van der Waals surface area contributed by atoms with Gasteiger partial charge in [0.05, 0.1) is 22.5 Å². The van der Waals surface area contributed by atoms with Gasteiger partial charge in [-0.25, -0.2) is 4.98 Å². The number of nitrogens with one attached hydrogen (secondary N) is 1. The molecule has 30 heavy (non-hydrogen) atoms. The van der Waals surface area contributed by atoms with E-state index in [1.807, 2.05) is 72.8 Å². The number of aromatic nitrogens is 1. The molecule has 0 aliphatic carbocycles. The van der Waals surface area contributed by atoms with Crippen molar-refractivity contribution in [1.29, 1.82) is 0 Å². The number of para-hydroxylation sites is 3. The minimum absolute atomic E-state index is 0.261. The number of thiazole rings is 1. The van der Waals surface area contributed by atoms with Crippen molar-refractivity contribution in [2.75, 3.05) is 12.4 Å². The molecule has 0 aliphatic heterocycles. The molecule has 0 radical (unpaired) electrons. The first-order valence-electron chi connectivity index (χ1n) is 9.50. The summed E-state index contributed by atoms with van der Waals surface area (Å²) in [6.45, 7) is 0.291. The zero-order valence-corrected chi connectivity index (χ0v) is 17.0. The van der Waals surface area contributed by atoms with E-state index in [1.165, 1.54) is 0 Å². The number of amides is 1. The van der Waals surface area contributed by atoms with E-state index in [0.29, 0.717) is 17.9 Å². The first-order chi connectivity index (χ1) is 14.7. The summed E-state index contributed by atoms with van der Waals surface area (Å²) >= 11 is 1.60. The van der Waals surface area contributed by atoms with Crippen molar-refractivity contribution in [1.82, 2.24) is 4.98 Å². The number of methoxy groups -OCH3 is 1. The molecule has 1 amide bonds. The van der Waals surface area contributed by atoms with E-state index in [9.17, 15) is 4.79 Å². The molecular formula is C24H18N2O3S. The Kier molecular flexibility index (Phi) is 4.78. The van der Waals surface area contributed by atoms with E-state index in [1.54, 1.807) is 18.4 Å². The summed E-state index contributed by atoms with van der Waals surface area (Å²) in [5.41, 5.74) is 3.90. The molecule has 5 aromatic rings. The monoisotopic (exact) mass is 414 g/mol. The van der Waals surface area contributed by atoms with Crippen LogP contribution in [0.5, 0.6) is 0 Å². The Morgan fingerprint density at radius 1 is 1.03 bits per heavy atom. The maximum atomic E-state index is 13.2. The summed E-state index contributed by atoms with van der Waals surface area (Å²) in [7, 11) is 1.60. The molecule has 0 spiro atoms. The third-order valence-electron chi connectivity index (χ3n) is 4.89. The Labute approximate surface area is 176 Å². The Balaban J connectivity index is 1.53. The normalized spacial score (nSPS) is 11.2. The number of carbonyl (C=O) groups excluding carboxylic acids is 1. The number of hydrogen-bond donors (Lipinski definition) is 1. The quantitative estimate of drug-likeness (QED) is 0.377. The molecule has 0 saturated carbocycles. The summed E-state index contributed by atoms with van der Waals surface area (Å²) < 4.78 is 12.3. The van der Waals surface area contributed by atoms with Gasteiger partial charge in [-0.1, -0.05) is 42.5 Å². The predicted molar refractivity (Wildman–Crippen MR) is 120 cm³/mol. The highest BCUT2D eigenvalue weighted by molar-refractivity contribution is 7.21. The van der Waals surface area contributed by atoms with Crippen LogP contribution in [0.4, 0.5) is 5.69 Å². The topological polar surface area (TPSA) is 64.4 Å². The van der Waals surface area contributed by atoms with E-state index < -0.39 is 0 Å². The average molecular weight is 414 g/mol. The number of nitrogens with zero attached hydrogens (tertiary/aromatic N) is 1. The number of anilines is 1. The number of furan rings is 1. The van der Waals surface area contributed by atoms with Crippen molar-refractivity contribution in [3.63, 3.8) is 0 Å². The van der Waals surface area contributed by atoms with Gasteiger partial charge in [0, 0.05) is 23.6 Å². The van der Waals surface area contributed by atoms with Gasteiger partial charge in [0.15, 0.2) is 5.76 Å². The number of carbonyl (C=O) groups is 1. The Bertz CT molecular complexity index is 1340. The zero-order valence-electron chi connectivity index (χ0n) is 16.2. The molecule has 5 rings (SSSR count). The first kappa shape index (κ1) is 18.5. The van der Waals surface area contributed by atoms with Crippen LogP contribution in [-0.2, 0) is 11.3 Å². The van der Waals surface area contributed by atoms with Crippen molar-refractivity contribution >= 4 is 44.1 Å². The lowest BCUT2D eigenvalue weighted by atomic mass is 10.1. The minimum Gasteiger partial charge on any atom is -0.451 e. The van der Waals surface area contributed by atoms with Crippen molar-refractivity contribution in [2.24, 2.45) is 0 Å². The molecule has 148 valence electrons. The predicted octanol–water partition coefficient (Wildman–Crippen LogP) is 6.11. The molecule has 0 bridgehead atoms. The second-order valence-electron chi connectivity index (χ2n) is 6.83. The largest absolute Gasteiger partial charge is 0.451 e. The van der Waals surface area contributed by atoms with Gasteiger partial charge >= 0.3 is 0 Å². The van der Waals surface area contributed by atoms with Gasteiger partial charge in [-0.15, -0.1) is 11.3 Å². The number of benzene rings is 3. The second-order valence-corrected chi connectivity index (χ2v) is 7.86. The van der Waals surface area contributed by atoms with E-state index in [4.69, 9.17) is 14.1 Å². The van der Waals surface area contributed by atoms with Gasteiger partial charge < -0.3 is 14.5 Å². The highest BCUT2D eigenvalue weighted by atomic mass is 32.1. The SMILES string of the molecule is COCc1c(C(=O)Nc2ccccc2-c2nc3ccccc3s2)oc2ccccc12. The minimum atomic E-state index is -0.313. The Hall–Kier alpha value is -3.48. The fourth-order valence-electron chi connectivity index (χ4n) is 3.51. The fraction of sp³-hybridized carbons (Fsp3) is 0.0833. The number of rotatable bonds is 5. The van der Waals surface area contributed by atoms with E-state index in [0.717, 1.165) is 31.7 Å². The summed E-state index contributed by atoms with van der Waals surface area (Å²) in [4.78, 5) is 17.9. The molecule has 0 unspecified atom stereocenters. The van der Waals surface area contributed by atoms with Gasteiger partial charge in [-0.3, -0.25) is 4.79 Å². The van der Waals surface area contributed by atoms with Crippen LogP contribution in [0.15, 0.2) is 77.2 Å². The molecule has 6 heteroatoms. The number of ether oxygens (including phenoxy) is 1. The van der Waals surface area contributed by atoms with E-state index >= 15 is 0 Å². The molecule has 2 heterocycles. The van der Waals surface area contributed by atoms with Gasteiger partial charge in [-0.2, -0.15) is 0 Å². The summed E-state index contributed by atoms with van der Waals surface area (Å²) in [6, 6.07) is 23.2. The van der Waals surface area contributed by atoms with E-state index in [-0.39, 0.29) is 11.7 Å². The number of hydrogen-bond acceptors (Lipinski definition) is 5. The van der Waals surface area contributed by atoms with Crippen molar-refractivity contribution in [3.05, 3.63) is 84.1 Å². The van der Waals surface area contributed by atoms with Gasteiger partial charge in [0.25, 0.3) is 5.91 Å². The molecule has 2 aromatic heterocycles. The van der Waals surface area contributed by atoms with Crippen LogP contribution in [0.3, 0.4) is 0 Å². The van der Waals surface area contributed by atoms with Gasteiger partial charge in [0.2, 0.25) is 0 Å². The lowest BCUT2D eigenvalue weighted by molar-refractivity contribution is 0.0992. The maximum Gasteiger partial charge on any atom is 0.291 e. The Morgan fingerprint density at radius 3 is 2.67 bits per heavy atom. The van der Waals surface area contributed by atoms with Crippen molar-refractivity contribution in [2.45, 2.75) is 6.61 Å². The molecule has 5 nitrogen and oxygen atoms in total. The van der Waals surface area contributed by atoms with Crippen LogP contribution in [0.25, 0.3) is 31.8 Å². The van der Waals surface area contributed by atoms with Crippen LogP contribution in [0.2, 0.25) is 0 Å². The van der Waals surface area contributed by atoms with E-state index in [2.05, 4.69) is 5.32 Å². The molecular weight excluding hydrogens is 396 g/mol. The smallest absolute Gasteiger partial charge is 0.291 e. The third kappa shape index (κ3) is 3.26. The highest BCUT2D eigenvalue weighted by Crippen LogP contribution is 2.35. The van der Waals surface area contributed by atoms with Crippen LogP contribution in [-0.4, -0.2) is 18.0 Å².